The molecule has 6 unspecified atom stereocenters. The predicted molar refractivity (Wildman–Crippen MR) is 173 cm³/mol. The quantitative estimate of drug-likeness (QED) is 0.0704. The number of methoxy groups -OCH3 is 1. The molecule has 3 aromatic rings. The fraction of sp³-hybridized carbons (Fsp3) is 0.353. The molecule has 262 valence electrons. The molecule has 2 aliphatic carbocycles. The first-order valence-electron chi connectivity index (χ1n) is 15.6. The lowest BCUT2D eigenvalue weighted by molar-refractivity contribution is -0.384. The summed E-state index contributed by atoms with van der Waals surface area (Å²) in [5, 5.41) is 61.1. The van der Waals surface area contributed by atoms with Crippen molar-refractivity contribution in [2.24, 2.45) is 10.8 Å². The molecule has 1 fully saturated rings. The van der Waals surface area contributed by atoms with Gasteiger partial charge in [-0.1, -0.05) is 18.2 Å². The zero-order valence-corrected chi connectivity index (χ0v) is 27.1. The number of benzene rings is 3. The summed E-state index contributed by atoms with van der Waals surface area (Å²) in [6.07, 6.45) is -4.97. The molecular weight excluding hydrogens is 656 g/mol. The first-order valence-corrected chi connectivity index (χ1v) is 15.6. The van der Waals surface area contributed by atoms with Gasteiger partial charge in [-0.2, -0.15) is 5.10 Å². The van der Waals surface area contributed by atoms with Crippen LogP contribution in [-0.2, 0) is 15.9 Å². The van der Waals surface area contributed by atoms with Gasteiger partial charge in [0.05, 0.1) is 52.7 Å². The highest BCUT2D eigenvalue weighted by atomic mass is 16.7. The number of ether oxygens (including phenoxy) is 3. The van der Waals surface area contributed by atoms with E-state index in [0.29, 0.717) is 0 Å². The van der Waals surface area contributed by atoms with Crippen LogP contribution < -0.4 is 15.9 Å². The smallest absolute Gasteiger partial charge is 0.271 e. The molecule has 3 aliphatic rings. The highest BCUT2D eigenvalue weighted by Gasteiger charge is 2.49. The molecule has 0 saturated carbocycles. The van der Waals surface area contributed by atoms with Crippen molar-refractivity contribution >= 4 is 28.9 Å². The summed E-state index contributed by atoms with van der Waals surface area (Å²) in [6.45, 7) is 2.97. The maximum Gasteiger partial charge on any atom is 0.271 e. The average Bonchev–Trinajstić information content (AvgIpc) is 3.09. The van der Waals surface area contributed by atoms with Crippen LogP contribution in [0, 0.1) is 10.1 Å². The molecule has 0 spiro atoms. The van der Waals surface area contributed by atoms with Crippen LogP contribution in [0.4, 0.5) is 5.69 Å². The van der Waals surface area contributed by atoms with Crippen molar-refractivity contribution in [2.75, 3.05) is 7.11 Å². The van der Waals surface area contributed by atoms with Crippen LogP contribution in [0.25, 0.3) is 0 Å². The molecule has 16 nitrogen and oxygen atoms in total. The first-order chi connectivity index (χ1) is 23.7. The topological polar surface area (TPSA) is 253 Å². The average molecular weight is 691 g/mol. The summed E-state index contributed by atoms with van der Waals surface area (Å²) < 4.78 is 17.4. The van der Waals surface area contributed by atoms with Crippen LogP contribution >= 0.6 is 0 Å². The Bertz CT molecular complexity index is 1970. The van der Waals surface area contributed by atoms with Gasteiger partial charge in [-0.05, 0) is 26.0 Å². The second-order valence-electron chi connectivity index (χ2n) is 12.5. The van der Waals surface area contributed by atoms with Gasteiger partial charge in [0.2, 0.25) is 5.78 Å². The molecular formula is C34H34N4O12. The van der Waals surface area contributed by atoms with Crippen LogP contribution in [0.15, 0.2) is 47.6 Å². The molecule has 0 bridgehead atoms. The van der Waals surface area contributed by atoms with Crippen molar-refractivity contribution in [3.63, 3.8) is 0 Å². The number of aromatic hydroxyl groups is 2. The van der Waals surface area contributed by atoms with Crippen molar-refractivity contribution < 1.29 is 53.9 Å². The normalized spacial score (nSPS) is 26.0. The van der Waals surface area contributed by atoms with Crippen molar-refractivity contribution in [3.05, 3.63) is 91.5 Å². The van der Waals surface area contributed by atoms with Crippen molar-refractivity contribution in [3.8, 4) is 17.2 Å². The van der Waals surface area contributed by atoms with Gasteiger partial charge in [0.15, 0.2) is 12.1 Å². The third-order valence-electron chi connectivity index (χ3n) is 9.46. The number of carbonyl (C=O) groups is 3. The number of nitrogens with zero attached hydrogens (tertiary/aromatic N) is 2. The summed E-state index contributed by atoms with van der Waals surface area (Å²) in [5.74, 6) is -3.61. The van der Waals surface area contributed by atoms with Gasteiger partial charge in [-0.3, -0.25) is 24.5 Å². The van der Waals surface area contributed by atoms with Crippen molar-refractivity contribution in [1.29, 1.82) is 0 Å². The monoisotopic (exact) mass is 690 g/mol. The van der Waals surface area contributed by atoms with Crippen molar-refractivity contribution in [2.45, 2.75) is 69.4 Å². The molecule has 16 heteroatoms. The molecule has 0 aromatic heterocycles. The van der Waals surface area contributed by atoms with E-state index in [0.717, 1.165) is 6.07 Å². The Balaban J connectivity index is 1.43. The van der Waals surface area contributed by atoms with E-state index in [-0.39, 0.29) is 57.8 Å². The maximum absolute atomic E-state index is 13.9. The number of rotatable bonds is 7. The number of aliphatic hydroxyl groups excluding tert-OH is 1. The van der Waals surface area contributed by atoms with Gasteiger partial charge in [0.1, 0.15) is 22.8 Å². The number of nitro benzene ring substituents is 1. The highest BCUT2D eigenvalue weighted by Crippen LogP contribution is 2.52. The number of aliphatic hydroxyl groups is 2. The van der Waals surface area contributed by atoms with Crippen LogP contribution in [0.3, 0.4) is 0 Å². The zero-order valence-electron chi connectivity index (χ0n) is 27.1. The van der Waals surface area contributed by atoms with E-state index in [2.05, 4.69) is 10.5 Å². The van der Waals surface area contributed by atoms with E-state index >= 15 is 0 Å². The lowest BCUT2D eigenvalue weighted by atomic mass is 9.71. The molecule has 50 heavy (non-hydrogen) atoms. The molecule has 1 aliphatic heterocycles. The van der Waals surface area contributed by atoms with Gasteiger partial charge < -0.3 is 40.4 Å². The van der Waals surface area contributed by atoms with Crippen LogP contribution in [-0.4, -0.2) is 85.8 Å². The lowest BCUT2D eigenvalue weighted by Gasteiger charge is -2.42. The van der Waals surface area contributed by atoms with E-state index in [1.807, 2.05) is 0 Å². The van der Waals surface area contributed by atoms with E-state index in [1.165, 1.54) is 50.4 Å². The number of hydrogen-bond donors (Lipinski definition) is 6. The summed E-state index contributed by atoms with van der Waals surface area (Å²) in [7, 11) is 1.32. The van der Waals surface area contributed by atoms with E-state index in [9.17, 15) is 44.9 Å². The van der Waals surface area contributed by atoms with E-state index in [1.54, 1.807) is 6.92 Å². The molecule has 0 radical (unpaired) electrons. The predicted octanol–water partition coefficient (Wildman–Crippen LogP) is 2.15. The number of fused-ring (bicyclic) bond motifs is 3. The van der Waals surface area contributed by atoms with E-state index < -0.39 is 87.7 Å². The summed E-state index contributed by atoms with van der Waals surface area (Å²) in [5.41, 5.74) is 4.58. The molecule has 6 rings (SSSR count). The number of nitrogens with two attached hydrogens (primary N) is 1. The maximum atomic E-state index is 13.9. The summed E-state index contributed by atoms with van der Waals surface area (Å²) in [6, 6.07) is 8.55. The fourth-order valence-corrected chi connectivity index (χ4v) is 6.73. The Morgan fingerprint density at radius 3 is 2.50 bits per heavy atom. The van der Waals surface area contributed by atoms with Gasteiger partial charge in [-0.15, -0.1) is 0 Å². The molecule has 1 heterocycles. The molecule has 3 aromatic carbocycles. The molecule has 7 N–H and O–H groups in total. The minimum Gasteiger partial charge on any atom is -0.507 e. The first kappa shape index (κ1) is 34.6. The molecule has 1 amide bonds. The van der Waals surface area contributed by atoms with Crippen LogP contribution in [0.2, 0.25) is 0 Å². The number of nitrogens with one attached hydrogen (secondary N) is 1. The third-order valence-corrected chi connectivity index (χ3v) is 9.46. The number of non-ortho nitro benzene ring substituents is 1. The van der Waals surface area contributed by atoms with Gasteiger partial charge in [0, 0.05) is 59.7 Å². The number of amides is 1. The third kappa shape index (κ3) is 5.76. The Hall–Kier alpha value is -5.26. The number of ketones is 2. The van der Waals surface area contributed by atoms with E-state index in [4.69, 9.17) is 19.9 Å². The highest BCUT2D eigenvalue weighted by molar-refractivity contribution is 6.31. The molecule has 1 saturated heterocycles. The summed E-state index contributed by atoms with van der Waals surface area (Å²) in [4.78, 5) is 51.1. The van der Waals surface area contributed by atoms with Crippen LogP contribution in [0.1, 0.15) is 86.1 Å². The Morgan fingerprint density at radius 2 is 1.82 bits per heavy atom. The van der Waals surface area contributed by atoms with Gasteiger partial charge in [0.25, 0.3) is 11.6 Å². The number of nitro groups is 1. The Kier molecular flexibility index (Phi) is 8.92. The number of phenols is 2. The summed E-state index contributed by atoms with van der Waals surface area (Å²) >= 11 is 0. The lowest BCUT2D eigenvalue weighted by Crippen LogP contribution is -2.52. The van der Waals surface area contributed by atoms with Crippen LogP contribution in [0.5, 0.6) is 17.2 Å². The second-order valence-corrected chi connectivity index (χ2v) is 12.5. The minimum absolute atomic E-state index is 0.00177. The molecule has 6 atom stereocenters. The van der Waals surface area contributed by atoms with Gasteiger partial charge >= 0.3 is 0 Å². The minimum atomic E-state index is -2.00. The Morgan fingerprint density at radius 1 is 1.12 bits per heavy atom. The van der Waals surface area contributed by atoms with Crippen molar-refractivity contribution in [1.82, 2.24) is 5.43 Å². The zero-order chi connectivity index (χ0) is 36.2. The van der Waals surface area contributed by atoms with Gasteiger partial charge in [-0.25, -0.2) is 5.43 Å². The number of hydrazone groups is 1. The Labute approximate surface area is 284 Å². The largest absolute Gasteiger partial charge is 0.507 e. The standard InChI is InChI=1S/C34H34N4O12/c1-14-28(39)20(35)11-23(49-14)50-22-13-34(45,15(2)36-37-33(44)16-6-4-7-17(10-16)38(46)47)12-19-25(22)32(43)27-26(30(19)41)29(40)18-8-5-9-21(48-3)24(18)31(27)42/h4-10,14,20,22-23,28,39,41,43,45H,11-13,35H2,1-3H3,(H,37,44). The fourth-order valence-electron chi connectivity index (χ4n) is 6.73. The SMILES string of the molecule is COc1cccc2c1C(=O)c1c(O)c3c(c(O)c1C2=O)CC(O)(C(C)=NNC(=O)c1cccc([N+](=O)[O-])c1)CC3OC1CC(N)C(O)C(C)O1. The number of phenolic OH excluding ortho intramolecular Hbond substituents is 2. The second kappa shape index (κ2) is 12.9. The number of carbonyl (C=O) groups excluding carboxylic acids is 3. The number of hydrogen-bond acceptors (Lipinski definition) is 14.